The number of hydrogen-bond acceptors (Lipinski definition) is 2. The van der Waals surface area contributed by atoms with E-state index in [1.54, 1.807) is 11.1 Å². The SMILES string of the molecule is CC1Cc2cc(N3CCCCC3)ccc2C1CCN(C)Cc1ccccc1. The lowest BCUT2D eigenvalue weighted by atomic mass is 9.90. The van der Waals surface area contributed by atoms with Crippen LogP contribution in [0.2, 0.25) is 0 Å². The van der Waals surface area contributed by atoms with Crippen LogP contribution >= 0.6 is 0 Å². The molecular formula is C25H34N2. The van der Waals surface area contributed by atoms with Crippen molar-refractivity contribution in [2.75, 3.05) is 31.6 Å². The maximum Gasteiger partial charge on any atom is 0.0369 e. The van der Waals surface area contributed by atoms with E-state index in [0.29, 0.717) is 5.92 Å². The van der Waals surface area contributed by atoms with Gasteiger partial charge in [0.1, 0.15) is 0 Å². The van der Waals surface area contributed by atoms with Crippen LogP contribution in [-0.4, -0.2) is 31.6 Å². The molecule has 1 aliphatic heterocycles. The van der Waals surface area contributed by atoms with E-state index in [2.05, 4.69) is 72.3 Å². The second-order valence-electron chi connectivity index (χ2n) is 8.73. The molecule has 2 aliphatic rings. The number of fused-ring (bicyclic) bond motifs is 1. The highest BCUT2D eigenvalue weighted by Crippen LogP contribution is 2.41. The number of nitrogens with zero attached hydrogens (tertiary/aromatic N) is 2. The second-order valence-corrected chi connectivity index (χ2v) is 8.73. The second kappa shape index (κ2) is 8.48. The van der Waals surface area contributed by atoms with Crippen LogP contribution in [0.1, 0.15) is 55.2 Å². The first-order valence-corrected chi connectivity index (χ1v) is 10.8. The van der Waals surface area contributed by atoms with Crippen LogP contribution in [0.15, 0.2) is 48.5 Å². The molecule has 2 aromatic carbocycles. The van der Waals surface area contributed by atoms with E-state index in [9.17, 15) is 0 Å². The number of rotatable bonds is 6. The van der Waals surface area contributed by atoms with Crippen molar-refractivity contribution in [3.8, 4) is 0 Å². The Morgan fingerprint density at radius 3 is 2.56 bits per heavy atom. The van der Waals surface area contributed by atoms with Gasteiger partial charge in [0.2, 0.25) is 0 Å². The largest absolute Gasteiger partial charge is 0.372 e. The molecule has 0 radical (unpaired) electrons. The van der Waals surface area contributed by atoms with Crippen molar-refractivity contribution >= 4 is 5.69 Å². The third-order valence-electron chi connectivity index (χ3n) is 6.59. The van der Waals surface area contributed by atoms with Crippen molar-refractivity contribution < 1.29 is 0 Å². The number of hydrogen-bond donors (Lipinski definition) is 0. The Kier molecular flexibility index (Phi) is 5.83. The molecule has 0 aromatic heterocycles. The lowest BCUT2D eigenvalue weighted by Crippen LogP contribution is -2.29. The zero-order valence-electron chi connectivity index (χ0n) is 17.0. The molecule has 0 amide bonds. The number of anilines is 1. The van der Waals surface area contributed by atoms with Gasteiger partial charge in [-0.3, -0.25) is 0 Å². The van der Waals surface area contributed by atoms with Gasteiger partial charge in [0, 0.05) is 25.3 Å². The summed E-state index contributed by atoms with van der Waals surface area (Å²) in [5.41, 5.74) is 6.10. The average molecular weight is 363 g/mol. The molecule has 0 spiro atoms. The average Bonchev–Trinajstić information content (AvgIpc) is 3.02. The molecule has 1 aliphatic carbocycles. The summed E-state index contributed by atoms with van der Waals surface area (Å²) in [6.45, 7) is 7.13. The minimum absolute atomic E-state index is 0.716. The number of benzene rings is 2. The molecule has 4 rings (SSSR count). The van der Waals surface area contributed by atoms with Crippen LogP contribution < -0.4 is 4.90 Å². The Morgan fingerprint density at radius 1 is 1.00 bits per heavy atom. The highest BCUT2D eigenvalue weighted by molar-refractivity contribution is 5.53. The molecule has 2 aromatic rings. The van der Waals surface area contributed by atoms with E-state index in [-0.39, 0.29) is 0 Å². The van der Waals surface area contributed by atoms with Crippen LogP contribution in [0.5, 0.6) is 0 Å². The quantitative estimate of drug-likeness (QED) is 0.672. The van der Waals surface area contributed by atoms with Gasteiger partial charge in [0.15, 0.2) is 0 Å². The van der Waals surface area contributed by atoms with Crippen molar-refractivity contribution in [2.45, 2.75) is 51.5 Å². The highest BCUT2D eigenvalue weighted by atomic mass is 15.1. The van der Waals surface area contributed by atoms with Gasteiger partial charge in [-0.1, -0.05) is 43.3 Å². The van der Waals surface area contributed by atoms with Gasteiger partial charge in [-0.15, -0.1) is 0 Å². The summed E-state index contributed by atoms with van der Waals surface area (Å²) in [6, 6.07) is 18.2. The lowest BCUT2D eigenvalue weighted by molar-refractivity contribution is 0.297. The molecular weight excluding hydrogens is 328 g/mol. The van der Waals surface area contributed by atoms with Gasteiger partial charge in [0.25, 0.3) is 0 Å². The Morgan fingerprint density at radius 2 is 1.78 bits per heavy atom. The molecule has 0 saturated carbocycles. The van der Waals surface area contributed by atoms with Gasteiger partial charge in [0.05, 0.1) is 0 Å². The summed E-state index contributed by atoms with van der Waals surface area (Å²) in [6.07, 6.45) is 6.62. The third-order valence-corrected chi connectivity index (χ3v) is 6.59. The molecule has 0 N–H and O–H groups in total. The summed E-state index contributed by atoms with van der Waals surface area (Å²) in [7, 11) is 2.26. The zero-order valence-corrected chi connectivity index (χ0v) is 17.0. The van der Waals surface area contributed by atoms with Crippen LogP contribution in [0.25, 0.3) is 0 Å². The van der Waals surface area contributed by atoms with Crippen molar-refractivity contribution in [2.24, 2.45) is 5.92 Å². The molecule has 2 heteroatoms. The molecule has 1 heterocycles. The first-order valence-electron chi connectivity index (χ1n) is 10.8. The van der Waals surface area contributed by atoms with E-state index in [4.69, 9.17) is 0 Å². The van der Waals surface area contributed by atoms with Crippen molar-refractivity contribution in [3.05, 3.63) is 65.2 Å². The fourth-order valence-electron chi connectivity index (χ4n) is 5.05. The van der Waals surface area contributed by atoms with Crippen molar-refractivity contribution in [1.29, 1.82) is 0 Å². The van der Waals surface area contributed by atoms with E-state index < -0.39 is 0 Å². The Labute approximate surface area is 165 Å². The smallest absolute Gasteiger partial charge is 0.0369 e. The Hall–Kier alpha value is -1.80. The summed E-state index contributed by atoms with van der Waals surface area (Å²) in [5.74, 6) is 1.48. The van der Waals surface area contributed by atoms with Gasteiger partial charge in [-0.05, 0) is 86.4 Å². The molecule has 27 heavy (non-hydrogen) atoms. The van der Waals surface area contributed by atoms with E-state index in [1.165, 1.54) is 56.4 Å². The summed E-state index contributed by atoms with van der Waals surface area (Å²) in [5, 5.41) is 0. The first-order chi connectivity index (χ1) is 13.2. The maximum atomic E-state index is 2.59. The third kappa shape index (κ3) is 4.38. The standard InChI is InChI=1S/C25H34N2/c1-20-17-22-18-23(27-14-7-4-8-15-27)11-12-25(22)24(20)13-16-26(2)19-21-9-5-3-6-10-21/h3,5-6,9-12,18,20,24H,4,7-8,13-17,19H2,1-2H3. The molecule has 2 atom stereocenters. The van der Waals surface area contributed by atoms with E-state index >= 15 is 0 Å². The molecule has 0 bridgehead atoms. The summed E-state index contributed by atoms with van der Waals surface area (Å²) < 4.78 is 0. The predicted molar refractivity (Wildman–Crippen MR) is 116 cm³/mol. The minimum atomic E-state index is 0.716. The number of piperidine rings is 1. The van der Waals surface area contributed by atoms with Crippen LogP contribution in [0.3, 0.4) is 0 Å². The fourth-order valence-corrected chi connectivity index (χ4v) is 5.05. The monoisotopic (exact) mass is 362 g/mol. The predicted octanol–water partition coefficient (Wildman–Crippen LogP) is 5.47. The van der Waals surface area contributed by atoms with Gasteiger partial charge < -0.3 is 9.80 Å². The summed E-state index contributed by atoms with van der Waals surface area (Å²) >= 11 is 0. The molecule has 144 valence electrons. The van der Waals surface area contributed by atoms with Crippen LogP contribution in [-0.2, 0) is 13.0 Å². The van der Waals surface area contributed by atoms with Gasteiger partial charge in [-0.25, -0.2) is 0 Å². The zero-order chi connectivity index (χ0) is 18.6. The van der Waals surface area contributed by atoms with Crippen LogP contribution in [0, 0.1) is 5.92 Å². The fraction of sp³-hybridized carbons (Fsp3) is 0.520. The first kappa shape index (κ1) is 18.6. The highest BCUT2D eigenvalue weighted by Gasteiger charge is 2.29. The Bertz CT molecular complexity index is 733. The van der Waals surface area contributed by atoms with Crippen molar-refractivity contribution in [1.82, 2.24) is 4.90 Å². The normalized spacial score (nSPS) is 22.3. The molecule has 1 fully saturated rings. The topological polar surface area (TPSA) is 6.48 Å². The van der Waals surface area contributed by atoms with E-state index in [1.807, 2.05) is 0 Å². The maximum absolute atomic E-state index is 2.59. The molecule has 2 unspecified atom stereocenters. The van der Waals surface area contributed by atoms with Crippen LogP contribution in [0.4, 0.5) is 5.69 Å². The van der Waals surface area contributed by atoms with Crippen molar-refractivity contribution in [3.63, 3.8) is 0 Å². The summed E-state index contributed by atoms with van der Waals surface area (Å²) in [4.78, 5) is 5.07. The van der Waals surface area contributed by atoms with Gasteiger partial charge in [-0.2, -0.15) is 0 Å². The van der Waals surface area contributed by atoms with E-state index in [0.717, 1.165) is 19.0 Å². The molecule has 1 saturated heterocycles. The van der Waals surface area contributed by atoms with Gasteiger partial charge >= 0.3 is 0 Å². The Balaban J connectivity index is 1.38. The molecule has 2 nitrogen and oxygen atoms in total. The lowest BCUT2D eigenvalue weighted by Gasteiger charge is -2.29. The minimum Gasteiger partial charge on any atom is -0.372 e.